The molecule has 0 spiro atoms. The van der Waals surface area contributed by atoms with Gasteiger partial charge in [0.1, 0.15) is 10.8 Å². The number of phenols is 1. The van der Waals surface area contributed by atoms with Crippen LogP contribution in [0.2, 0.25) is 0 Å². The number of halogens is 1. The van der Waals surface area contributed by atoms with Gasteiger partial charge in [-0.15, -0.1) is 11.3 Å². The number of thiazole rings is 1. The highest BCUT2D eigenvalue weighted by Gasteiger charge is 2.08. The molecule has 0 unspecified atom stereocenters. The molecule has 3 N–H and O–H groups in total. The van der Waals surface area contributed by atoms with E-state index in [9.17, 15) is 5.11 Å². The number of anilines is 1. The lowest BCUT2D eigenvalue weighted by Gasteiger charge is -2.00. The summed E-state index contributed by atoms with van der Waals surface area (Å²) in [6.07, 6.45) is 0. The van der Waals surface area contributed by atoms with Crippen molar-refractivity contribution in [2.24, 2.45) is 0 Å². The van der Waals surface area contributed by atoms with Crippen LogP contribution in [0.5, 0.6) is 5.75 Å². The Morgan fingerprint density at radius 2 is 2.00 bits per heavy atom. The Hall–Kier alpha value is -1.59. The lowest BCUT2D eigenvalue weighted by Crippen LogP contribution is -1.85. The van der Waals surface area contributed by atoms with Crippen molar-refractivity contribution in [1.29, 1.82) is 0 Å². The summed E-state index contributed by atoms with van der Waals surface area (Å²) in [5, 5.41) is 10.5. The lowest BCUT2D eigenvalue weighted by atomic mass is 10.2. The predicted octanol–water partition coefficient (Wildman–Crippen LogP) is 4.01. The van der Waals surface area contributed by atoms with E-state index in [0.29, 0.717) is 5.69 Å². The number of nitrogens with two attached hydrogens (primary N) is 1. The monoisotopic (exact) mass is 320 g/mol. The van der Waals surface area contributed by atoms with Gasteiger partial charge < -0.3 is 10.8 Å². The molecule has 5 heteroatoms. The SMILES string of the molecule is Nc1ccc(-c2nc3cc(Br)ccc3s2)cc1O. The van der Waals surface area contributed by atoms with Gasteiger partial charge in [0.15, 0.2) is 0 Å². The van der Waals surface area contributed by atoms with Crippen LogP contribution in [0.1, 0.15) is 0 Å². The third-order valence-corrected chi connectivity index (χ3v) is 4.21. The molecule has 0 fully saturated rings. The Labute approximate surface area is 116 Å². The maximum Gasteiger partial charge on any atom is 0.139 e. The molecule has 1 heterocycles. The minimum Gasteiger partial charge on any atom is -0.506 e. The zero-order chi connectivity index (χ0) is 12.7. The Bertz CT molecular complexity index is 739. The molecule has 90 valence electrons. The maximum absolute atomic E-state index is 9.62. The molecule has 2 aromatic carbocycles. The fraction of sp³-hybridized carbons (Fsp3) is 0. The van der Waals surface area contributed by atoms with E-state index in [2.05, 4.69) is 20.9 Å². The van der Waals surface area contributed by atoms with E-state index < -0.39 is 0 Å². The van der Waals surface area contributed by atoms with Crippen LogP contribution in [-0.4, -0.2) is 10.1 Å². The van der Waals surface area contributed by atoms with Crippen LogP contribution in [0.3, 0.4) is 0 Å². The number of phenolic OH excluding ortho intramolecular Hbond substituents is 1. The largest absolute Gasteiger partial charge is 0.506 e. The fourth-order valence-electron chi connectivity index (χ4n) is 1.70. The van der Waals surface area contributed by atoms with E-state index in [1.807, 2.05) is 24.3 Å². The van der Waals surface area contributed by atoms with Crippen molar-refractivity contribution in [3.63, 3.8) is 0 Å². The molecule has 0 saturated carbocycles. The molecular formula is C13H9BrN2OS. The van der Waals surface area contributed by atoms with Gasteiger partial charge in [-0.05, 0) is 36.4 Å². The zero-order valence-electron chi connectivity index (χ0n) is 9.22. The molecule has 0 aliphatic carbocycles. The summed E-state index contributed by atoms with van der Waals surface area (Å²) in [5.41, 5.74) is 7.79. The van der Waals surface area contributed by atoms with E-state index in [0.717, 1.165) is 25.3 Å². The second kappa shape index (κ2) is 4.26. The smallest absolute Gasteiger partial charge is 0.139 e. The van der Waals surface area contributed by atoms with Crippen LogP contribution in [-0.2, 0) is 0 Å². The summed E-state index contributed by atoms with van der Waals surface area (Å²) in [5.74, 6) is 0.0907. The van der Waals surface area contributed by atoms with Crippen molar-refractivity contribution in [3.05, 3.63) is 40.9 Å². The summed E-state index contributed by atoms with van der Waals surface area (Å²) in [6, 6.07) is 11.2. The molecule has 3 nitrogen and oxygen atoms in total. The number of benzene rings is 2. The van der Waals surface area contributed by atoms with Gasteiger partial charge in [0, 0.05) is 10.0 Å². The molecule has 0 radical (unpaired) electrons. The molecular weight excluding hydrogens is 312 g/mol. The summed E-state index contributed by atoms with van der Waals surface area (Å²) in [7, 11) is 0. The van der Waals surface area contributed by atoms with Gasteiger partial charge >= 0.3 is 0 Å². The molecule has 0 amide bonds. The van der Waals surface area contributed by atoms with E-state index in [-0.39, 0.29) is 5.75 Å². The van der Waals surface area contributed by atoms with Crippen LogP contribution < -0.4 is 5.73 Å². The number of fused-ring (bicyclic) bond motifs is 1. The molecule has 0 aliphatic heterocycles. The van der Waals surface area contributed by atoms with Gasteiger partial charge in [-0.3, -0.25) is 0 Å². The Morgan fingerprint density at radius 3 is 2.78 bits per heavy atom. The second-order valence-electron chi connectivity index (χ2n) is 3.90. The summed E-state index contributed by atoms with van der Waals surface area (Å²) in [4.78, 5) is 4.55. The highest BCUT2D eigenvalue weighted by Crippen LogP contribution is 2.34. The minimum absolute atomic E-state index is 0.0907. The van der Waals surface area contributed by atoms with Crippen molar-refractivity contribution in [2.75, 3.05) is 5.73 Å². The van der Waals surface area contributed by atoms with Crippen LogP contribution in [0.25, 0.3) is 20.8 Å². The first-order valence-corrected chi connectivity index (χ1v) is 6.89. The van der Waals surface area contributed by atoms with Gasteiger partial charge in [-0.2, -0.15) is 0 Å². The van der Waals surface area contributed by atoms with Gasteiger partial charge in [-0.1, -0.05) is 15.9 Å². The van der Waals surface area contributed by atoms with Gasteiger partial charge in [0.25, 0.3) is 0 Å². The summed E-state index contributed by atoms with van der Waals surface area (Å²) in [6.45, 7) is 0. The first-order chi connectivity index (χ1) is 8.63. The molecule has 0 atom stereocenters. The standard InChI is InChI=1S/C13H9BrN2OS/c14-8-2-4-12-10(6-8)16-13(18-12)7-1-3-9(15)11(17)5-7/h1-6,17H,15H2. The summed E-state index contributed by atoms with van der Waals surface area (Å²) < 4.78 is 2.12. The Morgan fingerprint density at radius 1 is 1.17 bits per heavy atom. The zero-order valence-corrected chi connectivity index (χ0v) is 11.6. The van der Waals surface area contributed by atoms with Crippen LogP contribution in [0, 0.1) is 0 Å². The van der Waals surface area contributed by atoms with E-state index in [1.165, 1.54) is 0 Å². The fourth-order valence-corrected chi connectivity index (χ4v) is 2.99. The molecule has 18 heavy (non-hydrogen) atoms. The van der Waals surface area contributed by atoms with Crippen molar-refractivity contribution in [1.82, 2.24) is 4.98 Å². The van der Waals surface area contributed by atoms with E-state index in [4.69, 9.17) is 5.73 Å². The highest BCUT2D eigenvalue weighted by molar-refractivity contribution is 9.10. The molecule has 3 aromatic rings. The minimum atomic E-state index is 0.0907. The number of nitrogen functional groups attached to an aromatic ring is 1. The molecule has 0 aliphatic rings. The average molecular weight is 321 g/mol. The maximum atomic E-state index is 9.62. The van der Waals surface area contributed by atoms with Gasteiger partial charge in [0.2, 0.25) is 0 Å². The van der Waals surface area contributed by atoms with Gasteiger partial charge in [0.05, 0.1) is 15.9 Å². The van der Waals surface area contributed by atoms with Crippen molar-refractivity contribution in [2.45, 2.75) is 0 Å². The molecule has 0 bridgehead atoms. The third kappa shape index (κ3) is 1.95. The molecule has 0 saturated heterocycles. The quantitative estimate of drug-likeness (QED) is 0.526. The predicted molar refractivity (Wildman–Crippen MR) is 78.8 cm³/mol. The van der Waals surface area contributed by atoms with Gasteiger partial charge in [-0.25, -0.2) is 4.98 Å². The normalized spacial score (nSPS) is 10.9. The highest BCUT2D eigenvalue weighted by atomic mass is 79.9. The van der Waals surface area contributed by atoms with Crippen LogP contribution in [0.15, 0.2) is 40.9 Å². The van der Waals surface area contributed by atoms with Crippen LogP contribution in [0.4, 0.5) is 5.69 Å². The van der Waals surface area contributed by atoms with Crippen molar-refractivity contribution < 1.29 is 5.11 Å². The van der Waals surface area contributed by atoms with E-state index >= 15 is 0 Å². The summed E-state index contributed by atoms with van der Waals surface area (Å²) >= 11 is 5.02. The number of nitrogens with zero attached hydrogens (tertiary/aromatic N) is 1. The topological polar surface area (TPSA) is 59.1 Å². The third-order valence-electron chi connectivity index (χ3n) is 2.63. The Balaban J connectivity index is 2.16. The Kier molecular flexibility index (Phi) is 2.72. The van der Waals surface area contributed by atoms with Crippen LogP contribution >= 0.6 is 27.3 Å². The lowest BCUT2D eigenvalue weighted by molar-refractivity contribution is 0.478. The second-order valence-corrected chi connectivity index (χ2v) is 5.85. The average Bonchev–Trinajstić information content (AvgIpc) is 2.75. The van der Waals surface area contributed by atoms with E-state index in [1.54, 1.807) is 23.5 Å². The molecule has 1 aromatic heterocycles. The first kappa shape index (κ1) is 11.5. The van der Waals surface area contributed by atoms with Crippen molar-refractivity contribution in [3.8, 4) is 16.3 Å². The number of aromatic hydroxyl groups is 1. The molecule has 3 rings (SSSR count). The van der Waals surface area contributed by atoms with Crippen molar-refractivity contribution >= 4 is 43.2 Å². The first-order valence-electron chi connectivity index (χ1n) is 5.28. The number of rotatable bonds is 1. The number of hydrogen-bond acceptors (Lipinski definition) is 4. The number of aromatic nitrogens is 1. The number of hydrogen-bond donors (Lipinski definition) is 2.